The van der Waals surface area contributed by atoms with E-state index in [4.69, 9.17) is 4.74 Å². The van der Waals surface area contributed by atoms with E-state index in [-0.39, 0.29) is 73.0 Å². The van der Waals surface area contributed by atoms with Gasteiger partial charge in [-0.15, -0.1) is 0 Å². The second kappa shape index (κ2) is 22.2. The first-order valence-electron chi connectivity index (χ1n) is 24.0. The summed E-state index contributed by atoms with van der Waals surface area (Å²) in [5.74, 6) is -1.92. The van der Waals surface area contributed by atoms with Crippen LogP contribution in [0.1, 0.15) is 70.4 Å². The van der Waals surface area contributed by atoms with Crippen molar-refractivity contribution in [1.29, 1.82) is 0 Å². The maximum atomic E-state index is 12.7. The summed E-state index contributed by atoms with van der Waals surface area (Å²) in [5.41, 5.74) is 0.449. The molecule has 420 valence electrons. The number of fused-ring (bicyclic) bond motifs is 6. The summed E-state index contributed by atoms with van der Waals surface area (Å²) in [5, 5.41) is 2.66. The van der Waals surface area contributed by atoms with Crippen molar-refractivity contribution in [2.45, 2.75) is 89.7 Å². The van der Waals surface area contributed by atoms with Gasteiger partial charge in [0, 0.05) is 97.0 Å². The molecule has 1 unspecified atom stereocenters. The van der Waals surface area contributed by atoms with E-state index in [0.717, 1.165) is 29.2 Å². The van der Waals surface area contributed by atoms with E-state index in [1.807, 2.05) is 4.58 Å². The van der Waals surface area contributed by atoms with Crippen LogP contribution in [0.3, 0.4) is 0 Å². The second-order valence-electron chi connectivity index (χ2n) is 19.5. The quantitative estimate of drug-likeness (QED) is 0.0186. The molecule has 7 rings (SSSR count). The molecule has 3 heterocycles. The molecule has 1 atom stereocenters. The minimum Gasteiger partial charge on any atom is -0.383 e. The van der Waals surface area contributed by atoms with Crippen molar-refractivity contribution < 1.29 is 88.5 Å². The molecule has 0 saturated carbocycles. The van der Waals surface area contributed by atoms with Gasteiger partial charge in [-0.2, -0.15) is 46.7 Å². The van der Waals surface area contributed by atoms with Crippen molar-refractivity contribution in [3.05, 3.63) is 108 Å². The van der Waals surface area contributed by atoms with Crippen LogP contribution in [0, 0.1) is 0 Å². The molecule has 0 saturated heterocycles. The molecule has 23 nitrogen and oxygen atoms in total. The van der Waals surface area contributed by atoms with E-state index in [9.17, 15) is 79.2 Å². The van der Waals surface area contributed by atoms with E-state index < -0.39 is 98.6 Å². The zero-order valence-corrected chi connectivity index (χ0v) is 46.6. The molecular weight excluding hydrogens is 1120 g/mol. The van der Waals surface area contributed by atoms with Crippen LogP contribution in [-0.2, 0) is 80.5 Å². The number of unbranched alkanes of at least 4 members (excludes halogenated alkanes) is 2. The summed E-state index contributed by atoms with van der Waals surface area (Å²) in [7, 11) is -23.3. The van der Waals surface area contributed by atoms with E-state index >= 15 is 0 Å². The SMILES string of the molecule is COCCN1C(=CC=CC=CC2=[N+](CCCCCC(=O)NCCN3C(=O)C=CC3=O)c3ccc4c(S(=O)(=O)O)cc(S(=O)(=O)O)cc4c3C2(C)C)C(C)(CCCS(=O)(=O)O)c2c1ccc1c(S(=O)(=O)O)cc(S(=O)(=O)O)cc21. The lowest BCUT2D eigenvalue weighted by atomic mass is 9.75. The van der Waals surface area contributed by atoms with Crippen LogP contribution in [0.4, 0.5) is 11.4 Å². The Labute approximate surface area is 451 Å². The third-order valence-corrected chi connectivity index (χ3v) is 18.2. The maximum Gasteiger partial charge on any atom is 0.295 e. The van der Waals surface area contributed by atoms with E-state index in [1.165, 1.54) is 19.2 Å². The third kappa shape index (κ3) is 12.5. The number of benzene rings is 4. The maximum absolute atomic E-state index is 12.7. The van der Waals surface area contributed by atoms with E-state index in [2.05, 4.69) is 5.32 Å². The lowest BCUT2D eigenvalue weighted by Crippen LogP contribution is -2.38. The number of allylic oxidation sites excluding steroid dienone is 6. The lowest BCUT2D eigenvalue weighted by molar-refractivity contribution is -0.438. The molecule has 3 aliphatic rings. The number of methoxy groups -OCH3 is 1. The Balaban J connectivity index is 1.29. The van der Waals surface area contributed by atoms with Crippen LogP contribution in [0.2, 0.25) is 0 Å². The summed E-state index contributed by atoms with van der Waals surface area (Å²) in [6, 6.07) is 9.40. The number of carbonyl (C=O) groups is 3. The van der Waals surface area contributed by atoms with E-state index in [0.29, 0.717) is 71.9 Å². The number of carbonyl (C=O) groups excluding carboxylic acids is 3. The Bertz CT molecular complexity index is 3900. The number of rotatable bonds is 23. The van der Waals surface area contributed by atoms with Gasteiger partial charge in [0.05, 0.1) is 27.6 Å². The standard InChI is InChI=1S/C50H56N4O19S5/c1-49(2)42(52(23-10-6-9-14-44(55)51-22-24-54-45(56)19-20-46(54)57)38-17-15-34-36(47(38)49)28-32(75(61,62)63)30-40(34)77(67,68)69)12-7-5-8-13-43-50(3,21-11-27-74(58,59)60)48-37-29-33(76(64,65)66)31-41(78(70,71)72)35(37)16-18-39(48)53(43)25-26-73-4/h5,7-8,12-13,15-20,28-31H,6,9-11,14,21-27H2,1-4H3,(H5-,51,55,58,59,60,61,62,63,64,65,66,67,68,69,70,71,72)/p+1. The van der Waals surface area contributed by atoms with Crippen molar-refractivity contribution in [2.24, 2.45) is 0 Å². The zero-order valence-electron chi connectivity index (χ0n) is 42.5. The Hall–Kier alpha value is -6.05. The molecule has 3 aliphatic heterocycles. The van der Waals surface area contributed by atoms with Crippen molar-refractivity contribution in [1.82, 2.24) is 10.2 Å². The van der Waals surface area contributed by atoms with Crippen molar-refractivity contribution >= 4 is 107 Å². The number of hydrogen-bond acceptors (Lipinski definition) is 15. The molecule has 0 spiro atoms. The molecule has 0 aromatic heterocycles. The smallest absolute Gasteiger partial charge is 0.295 e. The van der Waals surface area contributed by atoms with Crippen LogP contribution in [0.25, 0.3) is 21.5 Å². The second-order valence-corrected chi connectivity index (χ2v) is 26.7. The molecule has 4 aromatic rings. The van der Waals surface area contributed by atoms with Crippen LogP contribution in [0.5, 0.6) is 0 Å². The summed E-state index contributed by atoms with van der Waals surface area (Å²) in [6.07, 6.45) is 12.1. The average molecular weight is 1180 g/mol. The van der Waals surface area contributed by atoms with Gasteiger partial charge in [-0.1, -0.05) is 24.3 Å². The Morgan fingerprint density at radius 1 is 0.667 bits per heavy atom. The molecule has 28 heteroatoms. The fourth-order valence-electron chi connectivity index (χ4n) is 10.5. The van der Waals surface area contributed by atoms with Gasteiger partial charge in [-0.25, -0.2) is 0 Å². The topological polar surface area (TPSA) is 354 Å². The average Bonchev–Trinajstić information content (AvgIpc) is 4.01. The Morgan fingerprint density at radius 3 is 1.79 bits per heavy atom. The summed E-state index contributed by atoms with van der Waals surface area (Å²) < 4.78 is 183. The van der Waals surface area contributed by atoms with Crippen LogP contribution in [-0.4, -0.2) is 143 Å². The fraction of sp³-hybridized carbons (Fsp3) is 0.360. The molecule has 0 aliphatic carbocycles. The highest BCUT2D eigenvalue weighted by Crippen LogP contribution is 2.54. The van der Waals surface area contributed by atoms with Gasteiger partial charge in [0.1, 0.15) is 16.3 Å². The Morgan fingerprint density at radius 2 is 1.24 bits per heavy atom. The number of anilines is 1. The number of nitrogens with zero attached hydrogens (tertiary/aromatic N) is 3. The zero-order chi connectivity index (χ0) is 57.6. The van der Waals surface area contributed by atoms with Crippen molar-refractivity contribution in [3.63, 3.8) is 0 Å². The lowest BCUT2D eigenvalue weighted by Gasteiger charge is -2.30. The predicted molar refractivity (Wildman–Crippen MR) is 286 cm³/mol. The first-order chi connectivity index (χ1) is 36.2. The van der Waals surface area contributed by atoms with E-state index in [1.54, 1.807) is 68.2 Å². The summed E-state index contributed by atoms with van der Waals surface area (Å²) >= 11 is 0. The van der Waals surface area contributed by atoms with Gasteiger partial charge in [-0.3, -0.25) is 42.0 Å². The number of imide groups is 1. The predicted octanol–water partition coefficient (Wildman–Crippen LogP) is 5.05. The molecule has 6 N–H and O–H groups in total. The van der Waals surface area contributed by atoms with Crippen LogP contribution >= 0.6 is 0 Å². The number of nitrogens with one attached hydrogen (secondary N) is 1. The van der Waals surface area contributed by atoms with Gasteiger partial charge in [0.25, 0.3) is 62.4 Å². The van der Waals surface area contributed by atoms with Gasteiger partial charge < -0.3 is 15.0 Å². The summed E-state index contributed by atoms with van der Waals surface area (Å²) in [4.78, 5) is 36.0. The highest BCUT2D eigenvalue weighted by Gasteiger charge is 2.47. The summed E-state index contributed by atoms with van der Waals surface area (Å²) in [6.45, 7) is 5.97. The normalized spacial score (nSPS) is 18.5. The first kappa shape index (κ1) is 59.6. The van der Waals surface area contributed by atoms with Gasteiger partial charge in [0.15, 0.2) is 5.71 Å². The molecule has 0 bridgehead atoms. The molecule has 3 amide bonds. The number of hydrogen-bond donors (Lipinski definition) is 6. The van der Waals surface area contributed by atoms with Gasteiger partial charge in [0.2, 0.25) is 11.6 Å². The molecule has 0 radical (unpaired) electrons. The Kier molecular flexibility index (Phi) is 17.0. The monoisotopic (exact) mass is 1180 g/mol. The molecule has 4 aromatic carbocycles. The van der Waals surface area contributed by atoms with Crippen LogP contribution < -0.4 is 10.2 Å². The minimum absolute atomic E-state index is 0.00834. The van der Waals surface area contributed by atoms with Crippen molar-refractivity contribution in [2.75, 3.05) is 50.5 Å². The highest BCUT2D eigenvalue weighted by molar-refractivity contribution is 7.87. The molecular formula is C50H57N4O19S5+. The van der Waals surface area contributed by atoms with Gasteiger partial charge >= 0.3 is 0 Å². The number of amides is 3. The highest BCUT2D eigenvalue weighted by atomic mass is 32.2. The number of ether oxygens (including phenoxy) is 1. The van der Waals surface area contributed by atoms with Crippen molar-refractivity contribution in [3.8, 4) is 0 Å². The van der Waals surface area contributed by atoms with Crippen LogP contribution in [0.15, 0.2) is 116 Å². The molecule has 78 heavy (non-hydrogen) atoms. The largest absolute Gasteiger partial charge is 0.383 e. The van der Waals surface area contributed by atoms with Gasteiger partial charge in [-0.05, 0) is 105 Å². The minimum atomic E-state index is -5.11. The first-order valence-corrected chi connectivity index (χ1v) is 31.4. The third-order valence-electron chi connectivity index (χ3n) is 14.0. The molecule has 0 fully saturated rings. The fourth-order valence-corrected chi connectivity index (χ4v) is 13.7.